The van der Waals surface area contributed by atoms with E-state index in [1.807, 2.05) is 45.0 Å². The quantitative estimate of drug-likeness (QED) is 0.281. The number of benzene rings is 2. The highest BCUT2D eigenvalue weighted by Gasteiger charge is 2.48. The van der Waals surface area contributed by atoms with Crippen LogP contribution >= 0.6 is 0 Å². The number of carbonyl (C=O) groups excluding carboxylic acids is 1. The molecule has 0 bridgehead atoms. The molecule has 1 fully saturated rings. The van der Waals surface area contributed by atoms with E-state index in [1.165, 1.54) is 5.57 Å². The first-order valence-electron chi connectivity index (χ1n) is 15.5. The molecule has 0 radical (unpaired) electrons. The summed E-state index contributed by atoms with van der Waals surface area (Å²) in [4.78, 5) is 18.1. The van der Waals surface area contributed by atoms with Gasteiger partial charge in [0.25, 0.3) is 0 Å². The van der Waals surface area contributed by atoms with Gasteiger partial charge in [-0.25, -0.2) is 8.78 Å². The number of carbonyl (C=O) groups is 1. The largest absolute Gasteiger partial charge is 0.299 e. The van der Waals surface area contributed by atoms with Gasteiger partial charge in [-0.05, 0) is 98.5 Å². The monoisotopic (exact) mass is 567 g/mol. The molecule has 1 saturated carbocycles. The van der Waals surface area contributed by atoms with Crippen LogP contribution in [-0.2, 0) is 24.1 Å². The van der Waals surface area contributed by atoms with E-state index in [1.54, 1.807) is 18.2 Å². The standard InChI is InChI=1S/C35H43F2NO.C2H6.3H2/c1-6-27-9-8-10-28(33(27)37)22-34(5)16-17-35(21-25(34)4,32(39)7-2)23-29-20-26(12-14-31(29)36)11-13-30-19-24(3)15-18-38-30;1-2;;;/h6,8-10,12,14,19-20,25H,1,7,11,13,15-18,21-23H2,2-5H3;1-2H3;3*1H/t25-,34?,35-;;;;/m1..../s1. The van der Waals surface area contributed by atoms with Crippen LogP contribution in [0.2, 0.25) is 0 Å². The molecule has 1 unspecified atom stereocenters. The van der Waals surface area contributed by atoms with Crippen LogP contribution in [0.15, 0.2) is 59.6 Å². The molecule has 0 amide bonds. The number of hydrogen-bond donors (Lipinski definition) is 0. The molecule has 2 aromatic rings. The minimum absolute atomic E-state index is 0. The number of aryl methyl sites for hydroxylation is 1. The van der Waals surface area contributed by atoms with Crippen LogP contribution in [0.25, 0.3) is 6.08 Å². The van der Waals surface area contributed by atoms with Crippen molar-refractivity contribution in [2.24, 2.45) is 21.7 Å². The van der Waals surface area contributed by atoms with E-state index >= 15 is 8.78 Å². The third-order valence-corrected chi connectivity index (χ3v) is 9.44. The van der Waals surface area contributed by atoms with Crippen molar-refractivity contribution in [1.29, 1.82) is 0 Å². The number of Topliss-reactive ketones (excluding diaryl/α,β-unsaturated/α-hetero) is 1. The maximum Gasteiger partial charge on any atom is 0.139 e. The highest BCUT2D eigenvalue weighted by Crippen LogP contribution is 2.53. The number of nitrogens with zero attached hydrogens (tertiary/aromatic N) is 1. The average Bonchev–Trinajstić information content (AvgIpc) is 2.97. The summed E-state index contributed by atoms with van der Waals surface area (Å²) in [5, 5.41) is 0. The molecule has 4 heteroatoms. The Bertz CT molecular complexity index is 1310. The number of rotatable bonds is 10. The van der Waals surface area contributed by atoms with Gasteiger partial charge in [0.15, 0.2) is 0 Å². The van der Waals surface area contributed by atoms with E-state index in [4.69, 9.17) is 0 Å². The van der Waals surface area contributed by atoms with E-state index in [-0.39, 0.29) is 33.0 Å². The van der Waals surface area contributed by atoms with Crippen molar-refractivity contribution in [3.8, 4) is 0 Å². The Hall–Kier alpha value is -2.88. The lowest BCUT2D eigenvalue weighted by Crippen LogP contribution is -2.45. The molecule has 0 saturated heterocycles. The number of aliphatic imine (C=N–C) groups is 1. The van der Waals surface area contributed by atoms with Crippen LogP contribution in [0.4, 0.5) is 8.78 Å². The molecule has 1 aliphatic heterocycles. The highest BCUT2D eigenvalue weighted by atomic mass is 19.1. The third kappa shape index (κ3) is 7.70. The van der Waals surface area contributed by atoms with E-state index in [9.17, 15) is 4.79 Å². The van der Waals surface area contributed by atoms with E-state index in [2.05, 4.69) is 38.4 Å². The highest BCUT2D eigenvalue weighted by molar-refractivity contribution is 5.96. The fraction of sp³-hybridized carbons (Fsp3) is 0.514. The summed E-state index contributed by atoms with van der Waals surface area (Å²) < 4.78 is 30.2. The molecule has 0 N–H and O–H groups in total. The summed E-state index contributed by atoms with van der Waals surface area (Å²) in [7, 11) is 0. The number of allylic oxidation sites excluding steroid dienone is 1. The number of dihydropyridines is 1. The second-order valence-corrected chi connectivity index (χ2v) is 12.2. The molecule has 4 rings (SSSR count). The molecule has 1 aliphatic carbocycles. The van der Waals surface area contributed by atoms with E-state index in [0.29, 0.717) is 48.8 Å². The Kier molecular flexibility index (Phi) is 11.4. The predicted octanol–water partition coefficient (Wildman–Crippen LogP) is 10.7. The van der Waals surface area contributed by atoms with Crippen molar-refractivity contribution < 1.29 is 17.9 Å². The van der Waals surface area contributed by atoms with Crippen LogP contribution in [0.1, 0.15) is 107 Å². The van der Waals surface area contributed by atoms with Crippen LogP contribution in [0.3, 0.4) is 0 Å². The van der Waals surface area contributed by atoms with Gasteiger partial charge >= 0.3 is 0 Å². The van der Waals surface area contributed by atoms with Gasteiger partial charge in [-0.3, -0.25) is 9.79 Å². The molecule has 41 heavy (non-hydrogen) atoms. The fourth-order valence-corrected chi connectivity index (χ4v) is 6.67. The molecule has 2 aromatic carbocycles. The lowest BCUT2D eigenvalue weighted by molar-refractivity contribution is -0.133. The zero-order chi connectivity index (χ0) is 30.2. The van der Waals surface area contributed by atoms with Crippen LogP contribution in [-0.4, -0.2) is 18.0 Å². The van der Waals surface area contributed by atoms with Gasteiger partial charge in [0, 0.05) is 33.9 Å². The van der Waals surface area contributed by atoms with Crippen molar-refractivity contribution >= 4 is 17.6 Å². The SMILES string of the molecule is C=Cc1cccc(CC2(C)CC[C@@](Cc3cc(CCC4=NCCC(C)=C4)ccc3F)(C(=O)CC)C[C@H]2C)c1F.CC.[HH].[HH].[HH]. The van der Waals surface area contributed by atoms with Crippen molar-refractivity contribution in [3.05, 3.63) is 88.5 Å². The molecule has 0 spiro atoms. The summed E-state index contributed by atoms with van der Waals surface area (Å²) in [6.45, 7) is 17.0. The van der Waals surface area contributed by atoms with Gasteiger partial charge in [-0.2, -0.15) is 0 Å². The van der Waals surface area contributed by atoms with Crippen LogP contribution in [0, 0.1) is 28.4 Å². The summed E-state index contributed by atoms with van der Waals surface area (Å²) in [5.41, 5.74) is 4.65. The first-order chi connectivity index (χ1) is 19.6. The lowest BCUT2D eigenvalue weighted by Gasteiger charge is -2.49. The van der Waals surface area contributed by atoms with E-state index < -0.39 is 5.41 Å². The van der Waals surface area contributed by atoms with Crippen molar-refractivity contribution in [2.75, 3.05) is 6.54 Å². The maximum absolute atomic E-state index is 15.2. The Labute approximate surface area is 251 Å². The van der Waals surface area contributed by atoms with Gasteiger partial charge in [-0.15, -0.1) is 0 Å². The average molecular weight is 568 g/mol. The normalized spacial score (nSPS) is 24.0. The van der Waals surface area contributed by atoms with Crippen molar-refractivity contribution in [1.82, 2.24) is 0 Å². The Morgan fingerprint density at radius 2 is 1.88 bits per heavy atom. The Balaban J connectivity index is 0.00000362. The second kappa shape index (κ2) is 14.3. The third-order valence-electron chi connectivity index (χ3n) is 9.44. The maximum atomic E-state index is 15.2. The summed E-state index contributed by atoms with van der Waals surface area (Å²) in [5.74, 6) is -0.0551. The first kappa shape index (κ1) is 32.6. The molecule has 0 aromatic heterocycles. The first-order valence-corrected chi connectivity index (χ1v) is 15.5. The van der Waals surface area contributed by atoms with Gasteiger partial charge < -0.3 is 0 Å². The van der Waals surface area contributed by atoms with Gasteiger partial charge in [-0.1, -0.05) is 83.2 Å². The molecule has 2 aliphatic rings. The van der Waals surface area contributed by atoms with Gasteiger partial charge in [0.1, 0.15) is 17.4 Å². The molecule has 228 valence electrons. The van der Waals surface area contributed by atoms with Crippen molar-refractivity contribution in [3.63, 3.8) is 0 Å². The minimum atomic E-state index is -0.595. The number of hydrogen-bond acceptors (Lipinski definition) is 2. The number of halogens is 2. The summed E-state index contributed by atoms with van der Waals surface area (Å²) >= 11 is 0. The lowest BCUT2D eigenvalue weighted by atomic mass is 9.54. The zero-order valence-corrected chi connectivity index (χ0v) is 26.1. The fourth-order valence-electron chi connectivity index (χ4n) is 6.67. The second-order valence-electron chi connectivity index (χ2n) is 12.2. The van der Waals surface area contributed by atoms with E-state index in [0.717, 1.165) is 43.5 Å². The summed E-state index contributed by atoms with van der Waals surface area (Å²) in [6, 6.07) is 10.9. The zero-order valence-electron chi connectivity index (χ0n) is 26.1. The smallest absolute Gasteiger partial charge is 0.139 e. The van der Waals surface area contributed by atoms with Crippen molar-refractivity contribution in [2.45, 2.75) is 99.3 Å². The summed E-state index contributed by atoms with van der Waals surface area (Å²) in [6.07, 6.45) is 10.0. The molecule has 2 nitrogen and oxygen atoms in total. The predicted molar refractivity (Wildman–Crippen MR) is 176 cm³/mol. The molecule has 3 atom stereocenters. The number of ketones is 1. The minimum Gasteiger partial charge on any atom is -0.299 e. The van der Waals surface area contributed by atoms with Crippen LogP contribution < -0.4 is 0 Å². The van der Waals surface area contributed by atoms with Crippen LogP contribution in [0.5, 0.6) is 0 Å². The molecular weight excluding hydrogens is 512 g/mol. The Morgan fingerprint density at radius 3 is 2.54 bits per heavy atom. The van der Waals surface area contributed by atoms with Gasteiger partial charge in [0.2, 0.25) is 0 Å². The molecular formula is C37H55F2NO. The topological polar surface area (TPSA) is 29.4 Å². The molecule has 1 heterocycles. The Morgan fingerprint density at radius 1 is 1.12 bits per heavy atom. The van der Waals surface area contributed by atoms with Gasteiger partial charge in [0.05, 0.1) is 0 Å².